The molecule has 0 saturated carbocycles. The van der Waals surface area contributed by atoms with Crippen molar-refractivity contribution in [3.05, 3.63) is 89.6 Å². The molecule has 0 aliphatic carbocycles. The number of methoxy groups -OCH3 is 1. The summed E-state index contributed by atoms with van der Waals surface area (Å²) in [5.41, 5.74) is 3.57. The first-order valence-corrected chi connectivity index (χ1v) is 12.0. The Morgan fingerprint density at radius 2 is 2.00 bits per heavy atom. The van der Waals surface area contributed by atoms with Crippen LogP contribution in [0.3, 0.4) is 0 Å². The van der Waals surface area contributed by atoms with Crippen LogP contribution in [-0.4, -0.2) is 46.0 Å². The van der Waals surface area contributed by atoms with Gasteiger partial charge < -0.3 is 24.7 Å². The van der Waals surface area contributed by atoms with E-state index in [1.165, 1.54) is 5.56 Å². The minimum atomic E-state index is -0.271. The summed E-state index contributed by atoms with van der Waals surface area (Å²) in [6.07, 6.45) is 7.48. The van der Waals surface area contributed by atoms with E-state index in [2.05, 4.69) is 42.3 Å². The van der Waals surface area contributed by atoms with Crippen LogP contribution in [0.5, 0.6) is 11.6 Å². The molecule has 0 bridgehead atoms. The molecular weight excluding hydrogens is 456 g/mol. The molecule has 9 heteroatoms. The highest BCUT2D eigenvalue weighted by molar-refractivity contribution is 5.96. The van der Waals surface area contributed by atoms with Gasteiger partial charge in [0.1, 0.15) is 23.7 Å². The molecule has 1 amide bonds. The number of H-pyrrole nitrogens is 1. The largest absolute Gasteiger partial charge is 0.497 e. The van der Waals surface area contributed by atoms with Gasteiger partial charge in [0.2, 0.25) is 11.8 Å². The van der Waals surface area contributed by atoms with E-state index in [1.807, 2.05) is 36.4 Å². The molecule has 2 aromatic carbocycles. The number of hydrogen-bond acceptors (Lipinski definition) is 7. The summed E-state index contributed by atoms with van der Waals surface area (Å²) >= 11 is 0. The van der Waals surface area contributed by atoms with Crippen molar-refractivity contribution in [1.29, 1.82) is 0 Å². The molecule has 0 spiro atoms. The molecule has 2 aromatic heterocycles. The normalized spacial score (nSPS) is 12.3. The predicted molar refractivity (Wildman–Crippen MR) is 136 cm³/mol. The molecule has 36 heavy (non-hydrogen) atoms. The standard InChI is InChI=1S/C27H28N6O3/c1-35-21-10-8-19(9-11-21)18-36-26-22(25(34)30-13-4-7-24-28-14-15-29-24)17-31-27(32-26)33-16-12-20-5-2-3-6-23(20)33/h2-3,5-6,8-11,14-15,17H,4,7,12-13,16,18H2,1H3,(H,28,29)(H,30,34). The third-order valence-electron chi connectivity index (χ3n) is 6.08. The van der Waals surface area contributed by atoms with E-state index in [0.717, 1.165) is 48.6 Å². The summed E-state index contributed by atoms with van der Waals surface area (Å²) in [4.78, 5) is 31.6. The van der Waals surface area contributed by atoms with Gasteiger partial charge in [0.15, 0.2) is 0 Å². The number of nitrogens with one attached hydrogen (secondary N) is 2. The number of anilines is 2. The van der Waals surface area contributed by atoms with Gasteiger partial charge in [-0.05, 0) is 42.2 Å². The van der Waals surface area contributed by atoms with Gasteiger partial charge in [-0.25, -0.2) is 9.97 Å². The maximum atomic E-state index is 13.0. The number of amides is 1. The molecule has 0 unspecified atom stereocenters. The topological polar surface area (TPSA) is 105 Å². The molecule has 2 N–H and O–H groups in total. The van der Waals surface area contributed by atoms with Gasteiger partial charge in [-0.3, -0.25) is 4.79 Å². The first kappa shape index (κ1) is 23.3. The van der Waals surface area contributed by atoms with Crippen LogP contribution in [0.15, 0.2) is 67.1 Å². The van der Waals surface area contributed by atoms with E-state index in [1.54, 1.807) is 25.7 Å². The fourth-order valence-electron chi connectivity index (χ4n) is 4.16. The molecule has 0 fully saturated rings. The molecule has 1 aliphatic rings. The molecule has 4 aromatic rings. The second-order valence-corrected chi connectivity index (χ2v) is 8.45. The third kappa shape index (κ3) is 5.30. The Balaban J connectivity index is 1.33. The summed E-state index contributed by atoms with van der Waals surface area (Å²) in [6.45, 7) is 1.53. The van der Waals surface area contributed by atoms with Crippen LogP contribution in [0, 0.1) is 0 Å². The highest BCUT2D eigenvalue weighted by Crippen LogP contribution is 2.33. The summed E-state index contributed by atoms with van der Waals surface area (Å²) in [5.74, 6) is 2.16. The van der Waals surface area contributed by atoms with Gasteiger partial charge in [-0.2, -0.15) is 4.98 Å². The first-order valence-electron chi connectivity index (χ1n) is 12.0. The lowest BCUT2D eigenvalue weighted by atomic mass is 10.2. The van der Waals surface area contributed by atoms with E-state index < -0.39 is 0 Å². The Labute approximate surface area is 209 Å². The molecule has 184 valence electrons. The molecule has 0 atom stereocenters. The monoisotopic (exact) mass is 484 g/mol. The third-order valence-corrected chi connectivity index (χ3v) is 6.08. The van der Waals surface area contributed by atoms with Crippen LogP contribution in [0.1, 0.15) is 33.7 Å². The quantitative estimate of drug-likeness (QED) is 0.330. The highest BCUT2D eigenvalue weighted by Gasteiger charge is 2.24. The number of hydrogen-bond donors (Lipinski definition) is 2. The predicted octanol–water partition coefficient (Wildman–Crippen LogP) is 3.84. The minimum absolute atomic E-state index is 0.253. The van der Waals surface area contributed by atoms with Crippen molar-refractivity contribution in [2.45, 2.75) is 25.9 Å². The molecule has 0 radical (unpaired) electrons. The lowest BCUT2D eigenvalue weighted by Crippen LogP contribution is -2.26. The van der Waals surface area contributed by atoms with E-state index in [9.17, 15) is 4.79 Å². The molecular formula is C27H28N6O3. The molecule has 1 aliphatic heterocycles. The van der Waals surface area contributed by atoms with Crippen molar-refractivity contribution in [3.8, 4) is 11.6 Å². The molecule has 5 rings (SSSR count). The second kappa shape index (κ2) is 10.9. The van der Waals surface area contributed by atoms with Crippen molar-refractivity contribution in [2.75, 3.05) is 25.1 Å². The lowest BCUT2D eigenvalue weighted by molar-refractivity contribution is 0.0947. The van der Waals surface area contributed by atoms with Crippen molar-refractivity contribution in [1.82, 2.24) is 25.3 Å². The van der Waals surface area contributed by atoms with E-state index in [0.29, 0.717) is 18.1 Å². The van der Waals surface area contributed by atoms with Gasteiger partial charge >= 0.3 is 0 Å². The van der Waals surface area contributed by atoms with Crippen LogP contribution < -0.4 is 19.7 Å². The number of aromatic nitrogens is 4. The van der Waals surface area contributed by atoms with Gasteiger partial charge in [-0.1, -0.05) is 30.3 Å². The van der Waals surface area contributed by atoms with Crippen molar-refractivity contribution >= 4 is 17.5 Å². The van der Waals surface area contributed by atoms with E-state index in [-0.39, 0.29) is 18.4 Å². The minimum Gasteiger partial charge on any atom is -0.497 e. The number of para-hydroxylation sites is 1. The number of benzene rings is 2. The molecule has 3 heterocycles. The zero-order valence-electron chi connectivity index (χ0n) is 20.1. The average molecular weight is 485 g/mol. The lowest BCUT2D eigenvalue weighted by Gasteiger charge is -2.19. The maximum Gasteiger partial charge on any atom is 0.258 e. The van der Waals surface area contributed by atoms with Crippen molar-refractivity contribution in [2.24, 2.45) is 0 Å². The number of carbonyl (C=O) groups excluding carboxylic acids is 1. The summed E-state index contributed by atoms with van der Waals surface area (Å²) in [6, 6.07) is 15.8. The van der Waals surface area contributed by atoms with E-state index >= 15 is 0 Å². The smallest absolute Gasteiger partial charge is 0.258 e. The van der Waals surface area contributed by atoms with Gasteiger partial charge in [-0.15, -0.1) is 0 Å². The van der Waals surface area contributed by atoms with Crippen LogP contribution in [0.2, 0.25) is 0 Å². The van der Waals surface area contributed by atoms with Gasteiger partial charge in [0, 0.05) is 43.8 Å². The molecule has 0 saturated heterocycles. The second-order valence-electron chi connectivity index (χ2n) is 8.45. The highest BCUT2D eigenvalue weighted by atomic mass is 16.5. The Hall–Kier alpha value is -4.40. The van der Waals surface area contributed by atoms with E-state index in [4.69, 9.17) is 9.47 Å². The van der Waals surface area contributed by atoms with Crippen LogP contribution in [-0.2, 0) is 19.4 Å². The number of imidazole rings is 1. The maximum absolute atomic E-state index is 13.0. The Morgan fingerprint density at radius 1 is 1.14 bits per heavy atom. The van der Waals surface area contributed by atoms with Gasteiger partial charge in [0.25, 0.3) is 5.91 Å². The van der Waals surface area contributed by atoms with Crippen molar-refractivity contribution < 1.29 is 14.3 Å². The number of aromatic amines is 1. The zero-order valence-corrected chi connectivity index (χ0v) is 20.1. The number of rotatable bonds is 10. The summed E-state index contributed by atoms with van der Waals surface area (Å²) < 4.78 is 11.3. The van der Waals surface area contributed by atoms with Crippen LogP contribution >= 0.6 is 0 Å². The number of nitrogens with zero attached hydrogens (tertiary/aromatic N) is 4. The van der Waals surface area contributed by atoms with Crippen LogP contribution in [0.25, 0.3) is 0 Å². The summed E-state index contributed by atoms with van der Waals surface area (Å²) in [5, 5.41) is 2.95. The van der Waals surface area contributed by atoms with Crippen molar-refractivity contribution in [3.63, 3.8) is 0 Å². The average Bonchev–Trinajstić information content (AvgIpc) is 3.60. The first-order chi connectivity index (χ1) is 17.7. The number of ether oxygens (including phenoxy) is 2. The van der Waals surface area contributed by atoms with Crippen LogP contribution in [0.4, 0.5) is 11.6 Å². The Bertz CT molecular complexity index is 1310. The fourth-order valence-corrected chi connectivity index (χ4v) is 4.16. The zero-order chi connectivity index (χ0) is 24.7. The Kier molecular flexibility index (Phi) is 7.07. The number of carbonyl (C=O) groups is 1. The summed E-state index contributed by atoms with van der Waals surface area (Å²) in [7, 11) is 1.63. The SMILES string of the molecule is COc1ccc(COc2nc(N3CCc4ccccc43)ncc2C(=O)NCCCc2ncc[nH]2)cc1. The molecule has 9 nitrogen and oxygen atoms in total. The number of fused-ring (bicyclic) bond motifs is 1. The Morgan fingerprint density at radius 3 is 2.81 bits per heavy atom. The fraction of sp³-hybridized carbons (Fsp3) is 0.259. The van der Waals surface area contributed by atoms with Gasteiger partial charge in [0.05, 0.1) is 7.11 Å². The number of aryl methyl sites for hydroxylation is 1.